The topological polar surface area (TPSA) is 47.9 Å². The van der Waals surface area contributed by atoms with E-state index in [4.69, 9.17) is 19.7 Å². The van der Waals surface area contributed by atoms with Gasteiger partial charge in [0.2, 0.25) is 0 Å². The molecule has 9 aromatic rings. The number of rotatable bonds is 7. The molecular formula is C52H35N3O. The number of nitrogens with zero attached hydrogens (tertiary/aromatic N) is 3. The first kappa shape index (κ1) is 33.2. The molecule has 264 valence electrons. The highest BCUT2D eigenvalue weighted by Crippen LogP contribution is 2.56. The van der Waals surface area contributed by atoms with Gasteiger partial charge in [-0.05, 0) is 57.6 Å². The Morgan fingerprint density at radius 1 is 0.304 bits per heavy atom. The second-order valence-electron chi connectivity index (χ2n) is 14.0. The molecule has 0 saturated carbocycles. The second-order valence-corrected chi connectivity index (χ2v) is 14.0. The van der Waals surface area contributed by atoms with Crippen molar-refractivity contribution in [3.05, 3.63) is 235 Å². The first-order valence-corrected chi connectivity index (χ1v) is 18.9. The van der Waals surface area contributed by atoms with E-state index in [0.29, 0.717) is 17.5 Å². The summed E-state index contributed by atoms with van der Waals surface area (Å²) in [6.07, 6.45) is 0. The fraction of sp³-hybridized carbons (Fsp3) is 0.0192. The summed E-state index contributed by atoms with van der Waals surface area (Å²) < 4.78 is 6.60. The van der Waals surface area contributed by atoms with Crippen molar-refractivity contribution in [2.45, 2.75) is 5.41 Å². The van der Waals surface area contributed by atoms with Gasteiger partial charge in [0, 0.05) is 27.8 Å². The van der Waals surface area contributed by atoms with Crippen LogP contribution in [0.3, 0.4) is 0 Å². The maximum Gasteiger partial charge on any atom is 0.164 e. The molecule has 56 heavy (non-hydrogen) atoms. The molecule has 1 aliphatic heterocycles. The standard InChI is InChI=1S/C52H35N3O/c1-4-18-36(19-5-1)38-22-16-24-40(34-38)50-53-49(37-20-6-2-7-21-37)54-51(55-50)41-25-17-23-39(35-41)43-28-10-11-29-44(43)52(42-26-8-3-9-27-42)45-30-12-14-32-47(45)56-48-33-15-13-31-46(48)52/h1-35H. The van der Waals surface area contributed by atoms with E-state index in [1.165, 1.54) is 5.56 Å². The molecule has 4 heteroatoms. The van der Waals surface area contributed by atoms with Crippen molar-refractivity contribution in [1.29, 1.82) is 0 Å². The lowest BCUT2D eigenvalue weighted by atomic mass is 9.62. The second kappa shape index (κ2) is 14.1. The predicted molar refractivity (Wildman–Crippen MR) is 225 cm³/mol. The van der Waals surface area contributed by atoms with E-state index in [9.17, 15) is 0 Å². The van der Waals surface area contributed by atoms with Gasteiger partial charge in [0.05, 0.1) is 5.41 Å². The van der Waals surface area contributed by atoms with Crippen molar-refractivity contribution in [1.82, 2.24) is 15.0 Å². The summed E-state index contributed by atoms with van der Waals surface area (Å²) in [4.78, 5) is 15.3. The molecule has 1 aliphatic rings. The molecule has 4 nitrogen and oxygen atoms in total. The molecule has 0 unspecified atom stereocenters. The van der Waals surface area contributed by atoms with Crippen molar-refractivity contribution >= 4 is 0 Å². The number of aromatic nitrogens is 3. The number of benzene rings is 8. The minimum absolute atomic E-state index is 0.609. The SMILES string of the molecule is c1ccc(-c2cccc(-c3nc(-c4ccccc4)nc(-c4cccc(-c5ccccc5C5(c6ccccc6)c6ccccc6Oc6ccccc65)c4)n3)c2)cc1. The van der Waals surface area contributed by atoms with Crippen molar-refractivity contribution < 1.29 is 4.74 Å². The lowest BCUT2D eigenvalue weighted by molar-refractivity contribution is 0.434. The van der Waals surface area contributed by atoms with E-state index in [1.54, 1.807) is 0 Å². The van der Waals surface area contributed by atoms with Gasteiger partial charge < -0.3 is 4.74 Å². The summed E-state index contributed by atoms with van der Waals surface area (Å²) in [7, 11) is 0. The Kier molecular flexibility index (Phi) is 8.34. The lowest BCUT2D eigenvalue weighted by Gasteiger charge is -2.42. The number of fused-ring (bicyclic) bond motifs is 2. The normalized spacial score (nSPS) is 12.6. The molecule has 0 bridgehead atoms. The lowest BCUT2D eigenvalue weighted by Crippen LogP contribution is -2.34. The number of para-hydroxylation sites is 2. The van der Waals surface area contributed by atoms with Gasteiger partial charge in [-0.25, -0.2) is 15.0 Å². The molecule has 1 aromatic heterocycles. The van der Waals surface area contributed by atoms with E-state index in [0.717, 1.165) is 67.1 Å². The van der Waals surface area contributed by atoms with Crippen LogP contribution in [-0.2, 0) is 5.41 Å². The van der Waals surface area contributed by atoms with Crippen molar-refractivity contribution in [3.63, 3.8) is 0 Å². The van der Waals surface area contributed by atoms with E-state index in [1.807, 2.05) is 48.5 Å². The quantitative estimate of drug-likeness (QED) is 0.165. The molecular weight excluding hydrogens is 683 g/mol. The molecule has 0 radical (unpaired) electrons. The van der Waals surface area contributed by atoms with E-state index in [2.05, 4.69) is 164 Å². The van der Waals surface area contributed by atoms with Crippen LogP contribution in [0.1, 0.15) is 22.3 Å². The van der Waals surface area contributed by atoms with Crippen LogP contribution in [0.2, 0.25) is 0 Å². The summed E-state index contributed by atoms with van der Waals surface area (Å²) in [6.45, 7) is 0. The van der Waals surface area contributed by atoms with Crippen LogP contribution in [0.25, 0.3) is 56.4 Å². The Balaban J connectivity index is 1.17. The monoisotopic (exact) mass is 717 g/mol. The summed E-state index contributed by atoms with van der Waals surface area (Å²) in [6, 6.07) is 73.9. The third-order valence-electron chi connectivity index (χ3n) is 10.7. The fourth-order valence-corrected chi connectivity index (χ4v) is 8.15. The number of ether oxygens (including phenoxy) is 1. The minimum atomic E-state index is -0.663. The minimum Gasteiger partial charge on any atom is -0.457 e. The maximum absolute atomic E-state index is 6.60. The highest BCUT2D eigenvalue weighted by molar-refractivity contribution is 5.81. The zero-order valence-corrected chi connectivity index (χ0v) is 30.5. The molecule has 8 aromatic carbocycles. The van der Waals surface area contributed by atoms with Crippen molar-refractivity contribution in [3.8, 4) is 67.9 Å². The number of hydrogen-bond acceptors (Lipinski definition) is 4. The zero-order chi connectivity index (χ0) is 37.3. The average Bonchev–Trinajstić information content (AvgIpc) is 3.29. The molecule has 0 fully saturated rings. The first-order chi connectivity index (χ1) is 27.8. The zero-order valence-electron chi connectivity index (χ0n) is 30.5. The van der Waals surface area contributed by atoms with Crippen LogP contribution in [0.5, 0.6) is 11.5 Å². The van der Waals surface area contributed by atoms with Gasteiger partial charge in [-0.2, -0.15) is 0 Å². The first-order valence-electron chi connectivity index (χ1n) is 18.9. The Morgan fingerprint density at radius 2 is 0.714 bits per heavy atom. The van der Waals surface area contributed by atoms with Crippen LogP contribution in [0.4, 0.5) is 0 Å². The Hall–Kier alpha value is -7.43. The molecule has 10 rings (SSSR count). The maximum atomic E-state index is 6.60. The van der Waals surface area contributed by atoms with Gasteiger partial charge in [0.15, 0.2) is 17.5 Å². The van der Waals surface area contributed by atoms with Gasteiger partial charge in [0.25, 0.3) is 0 Å². The Morgan fingerprint density at radius 3 is 1.32 bits per heavy atom. The Bertz CT molecular complexity index is 2790. The van der Waals surface area contributed by atoms with Gasteiger partial charge in [-0.15, -0.1) is 0 Å². The molecule has 0 saturated heterocycles. The molecule has 0 atom stereocenters. The average molecular weight is 718 g/mol. The van der Waals surface area contributed by atoms with Crippen LogP contribution in [0.15, 0.2) is 212 Å². The van der Waals surface area contributed by atoms with Crippen molar-refractivity contribution in [2.24, 2.45) is 0 Å². The van der Waals surface area contributed by atoms with Gasteiger partial charge in [-0.3, -0.25) is 0 Å². The third kappa shape index (κ3) is 5.76. The van der Waals surface area contributed by atoms with Crippen molar-refractivity contribution in [2.75, 3.05) is 0 Å². The highest BCUT2D eigenvalue weighted by atomic mass is 16.5. The van der Waals surface area contributed by atoms with E-state index >= 15 is 0 Å². The van der Waals surface area contributed by atoms with Crippen LogP contribution in [-0.4, -0.2) is 15.0 Å². The summed E-state index contributed by atoms with van der Waals surface area (Å²) >= 11 is 0. The smallest absolute Gasteiger partial charge is 0.164 e. The van der Waals surface area contributed by atoms with Gasteiger partial charge >= 0.3 is 0 Å². The summed E-state index contributed by atoms with van der Waals surface area (Å²) in [5, 5.41) is 0. The molecule has 0 aliphatic carbocycles. The van der Waals surface area contributed by atoms with Gasteiger partial charge in [0.1, 0.15) is 11.5 Å². The number of hydrogen-bond donors (Lipinski definition) is 0. The molecule has 0 spiro atoms. The summed E-state index contributed by atoms with van der Waals surface area (Å²) in [5.74, 6) is 3.55. The van der Waals surface area contributed by atoms with E-state index in [-0.39, 0.29) is 0 Å². The fourth-order valence-electron chi connectivity index (χ4n) is 8.15. The molecule has 0 N–H and O–H groups in total. The molecule has 2 heterocycles. The Labute approximate surface area is 326 Å². The third-order valence-corrected chi connectivity index (χ3v) is 10.7. The van der Waals surface area contributed by atoms with E-state index < -0.39 is 5.41 Å². The summed E-state index contributed by atoms with van der Waals surface area (Å²) in [5.41, 5.74) is 11.0. The van der Waals surface area contributed by atoms with Gasteiger partial charge in [-0.1, -0.05) is 188 Å². The van der Waals surface area contributed by atoms with Crippen LogP contribution >= 0.6 is 0 Å². The predicted octanol–water partition coefficient (Wildman–Crippen LogP) is 12.7. The highest BCUT2D eigenvalue weighted by Gasteiger charge is 2.46. The van der Waals surface area contributed by atoms with Crippen LogP contribution in [0, 0.1) is 0 Å². The largest absolute Gasteiger partial charge is 0.457 e. The molecule has 0 amide bonds. The van der Waals surface area contributed by atoms with Crippen LogP contribution < -0.4 is 4.74 Å².